The van der Waals surface area contributed by atoms with Crippen molar-refractivity contribution in [1.29, 1.82) is 0 Å². The van der Waals surface area contributed by atoms with Gasteiger partial charge in [-0.2, -0.15) is 0 Å². The number of rotatable bonds is 6. The van der Waals surface area contributed by atoms with E-state index in [4.69, 9.17) is 9.47 Å². The van der Waals surface area contributed by atoms with Crippen molar-refractivity contribution in [2.24, 2.45) is 5.92 Å². The second-order valence-electron chi connectivity index (χ2n) is 4.39. The maximum atomic E-state index is 9.93. The molecular weight excluding hydrogens is 192 g/mol. The maximum absolute atomic E-state index is 9.93. The van der Waals surface area contributed by atoms with E-state index in [0.29, 0.717) is 25.7 Å². The Kier molecular flexibility index (Phi) is 6.98. The molecule has 1 saturated carbocycles. The van der Waals surface area contributed by atoms with Gasteiger partial charge in [0.25, 0.3) is 0 Å². The summed E-state index contributed by atoms with van der Waals surface area (Å²) in [4.78, 5) is 0. The summed E-state index contributed by atoms with van der Waals surface area (Å²) in [5, 5.41) is 9.93. The molecule has 0 aromatic rings. The van der Waals surface area contributed by atoms with Crippen molar-refractivity contribution >= 4 is 0 Å². The number of aliphatic hydroxyl groups excluding tert-OH is 1. The van der Waals surface area contributed by atoms with Crippen LogP contribution in [0.2, 0.25) is 0 Å². The second-order valence-corrected chi connectivity index (χ2v) is 4.39. The molecular formula is C12H24O3. The van der Waals surface area contributed by atoms with Gasteiger partial charge in [0.2, 0.25) is 0 Å². The molecule has 15 heavy (non-hydrogen) atoms. The Morgan fingerprint density at radius 3 is 2.40 bits per heavy atom. The number of hydrogen-bond acceptors (Lipinski definition) is 3. The van der Waals surface area contributed by atoms with Gasteiger partial charge in [-0.3, -0.25) is 0 Å². The van der Waals surface area contributed by atoms with Gasteiger partial charge >= 0.3 is 0 Å². The molecule has 0 saturated heterocycles. The monoisotopic (exact) mass is 216 g/mol. The summed E-state index contributed by atoms with van der Waals surface area (Å²) in [7, 11) is 1.66. The number of aliphatic hydroxyl groups is 1. The van der Waals surface area contributed by atoms with Gasteiger partial charge in [0.05, 0.1) is 25.9 Å². The van der Waals surface area contributed by atoms with Crippen molar-refractivity contribution < 1.29 is 14.6 Å². The zero-order chi connectivity index (χ0) is 10.9. The highest BCUT2D eigenvalue weighted by Crippen LogP contribution is 2.25. The van der Waals surface area contributed by atoms with E-state index < -0.39 is 0 Å². The fraction of sp³-hybridized carbons (Fsp3) is 1.00. The lowest BCUT2D eigenvalue weighted by molar-refractivity contribution is -0.0138. The first-order valence-electron chi connectivity index (χ1n) is 6.09. The van der Waals surface area contributed by atoms with Crippen molar-refractivity contribution in [3.8, 4) is 0 Å². The summed E-state index contributed by atoms with van der Waals surface area (Å²) in [6.07, 6.45) is 7.23. The minimum atomic E-state index is -0.278. The Hall–Kier alpha value is -0.120. The molecule has 1 rings (SSSR count). The van der Waals surface area contributed by atoms with Gasteiger partial charge in [-0.15, -0.1) is 0 Å². The predicted octanol–water partition coefficient (Wildman–Crippen LogP) is 1.98. The molecule has 1 fully saturated rings. The topological polar surface area (TPSA) is 38.7 Å². The SMILES string of the molecule is COCCOCC(O)C1CCCCCC1. The van der Waals surface area contributed by atoms with E-state index in [9.17, 15) is 5.11 Å². The summed E-state index contributed by atoms with van der Waals surface area (Å²) in [5.74, 6) is 0.454. The third-order valence-electron chi connectivity index (χ3n) is 3.16. The Balaban J connectivity index is 2.11. The van der Waals surface area contributed by atoms with Crippen molar-refractivity contribution in [2.45, 2.75) is 44.6 Å². The molecule has 1 unspecified atom stereocenters. The maximum Gasteiger partial charge on any atom is 0.0801 e. The van der Waals surface area contributed by atoms with Gasteiger partial charge in [-0.25, -0.2) is 0 Å². The molecule has 0 bridgehead atoms. The molecule has 1 aliphatic rings. The molecule has 3 heteroatoms. The van der Waals surface area contributed by atoms with Crippen LogP contribution in [0.1, 0.15) is 38.5 Å². The van der Waals surface area contributed by atoms with Gasteiger partial charge in [0.15, 0.2) is 0 Å². The molecule has 0 aromatic carbocycles. The molecule has 0 spiro atoms. The fourth-order valence-corrected chi connectivity index (χ4v) is 2.18. The van der Waals surface area contributed by atoms with Crippen LogP contribution in [-0.4, -0.2) is 38.1 Å². The van der Waals surface area contributed by atoms with Crippen molar-refractivity contribution in [1.82, 2.24) is 0 Å². The summed E-state index contributed by atoms with van der Waals surface area (Å²) < 4.78 is 10.2. The largest absolute Gasteiger partial charge is 0.390 e. The van der Waals surface area contributed by atoms with Gasteiger partial charge in [0.1, 0.15) is 0 Å². The first-order valence-corrected chi connectivity index (χ1v) is 6.09. The van der Waals surface area contributed by atoms with Crippen LogP contribution in [0.5, 0.6) is 0 Å². The highest BCUT2D eigenvalue weighted by Gasteiger charge is 2.20. The molecule has 90 valence electrons. The van der Waals surface area contributed by atoms with Gasteiger partial charge < -0.3 is 14.6 Å². The van der Waals surface area contributed by atoms with E-state index in [1.807, 2.05) is 0 Å². The predicted molar refractivity (Wildman–Crippen MR) is 59.9 cm³/mol. The van der Waals surface area contributed by atoms with Crippen molar-refractivity contribution in [3.05, 3.63) is 0 Å². The van der Waals surface area contributed by atoms with E-state index in [1.54, 1.807) is 7.11 Å². The Morgan fingerprint density at radius 1 is 1.13 bits per heavy atom. The number of ether oxygens (including phenoxy) is 2. The molecule has 0 amide bonds. The number of hydrogen-bond donors (Lipinski definition) is 1. The van der Waals surface area contributed by atoms with Crippen LogP contribution in [0, 0.1) is 5.92 Å². The lowest BCUT2D eigenvalue weighted by Gasteiger charge is -2.20. The van der Waals surface area contributed by atoms with E-state index >= 15 is 0 Å². The highest BCUT2D eigenvalue weighted by atomic mass is 16.5. The summed E-state index contributed by atoms with van der Waals surface area (Å²) in [6.45, 7) is 1.66. The van der Waals surface area contributed by atoms with Gasteiger partial charge in [0, 0.05) is 7.11 Å². The normalized spacial score (nSPS) is 21.2. The molecule has 1 aliphatic carbocycles. The standard InChI is InChI=1S/C12H24O3/c1-14-8-9-15-10-12(13)11-6-4-2-3-5-7-11/h11-13H,2-10H2,1H3. The van der Waals surface area contributed by atoms with E-state index in [0.717, 1.165) is 12.8 Å². The quantitative estimate of drug-likeness (QED) is 0.545. The lowest BCUT2D eigenvalue weighted by Crippen LogP contribution is -2.26. The van der Waals surface area contributed by atoms with Crippen LogP contribution in [0.3, 0.4) is 0 Å². The van der Waals surface area contributed by atoms with E-state index in [2.05, 4.69) is 0 Å². The van der Waals surface area contributed by atoms with Crippen LogP contribution in [-0.2, 0) is 9.47 Å². The van der Waals surface area contributed by atoms with Crippen LogP contribution in [0.25, 0.3) is 0 Å². The summed E-state index contributed by atoms with van der Waals surface area (Å²) in [6, 6.07) is 0. The first kappa shape index (κ1) is 12.9. The third kappa shape index (κ3) is 5.50. The molecule has 0 aromatic heterocycles. The Morgan fingerprint density at radius 2 is 1.80 bits per heavy atom. The van der Waals surface area contributed by atoms with E-state index in [-0.39, 0.29) is 6.10 Å². The zero-order valence-electron chi connectivity index (χ0n) is 9.78. The van der Waals surface area contributed by atoms with Crippen LogP contribution >= 0.6 is 0 Å². The Labute approximate surface area is 92.8 Å². The fourth-order valence-electron chi connectivity index (χ4n) is 2.18. The van der Waals surface area contributed by atoms with E-state index in [1.165, 1.54) is 25.7 Å². The number of methoxy groups -OCH3 is 1. The van der Waals surface area contributed by atoms with Gasteiger partial charge in [-0.1, -0.05) is 25.7 Å². The third-order valence-corrected chi connectivity index (χ3v) is 3.16. The highest BCUT2D eigenvalue weighted by molar-refractivity contribution is 4.71. The van der Waals surface area contributed by atoms with Gasteiger partial charge in [-0.05, 0) is 18.8 Å². The van der Waals surface area contributed by atoms with Crippen molar-refractivity contribution in [2.75, 3.05) is 26.9 Å². The molecule has 0 heterocycles. The average Bonchev–Trinajstić information content (AvgIpc) is 2.52. The molecule has 3 nitrogen and oxygen atoms in total. The molecule has 0 radical (unpaired) electrons. The smallest absolute Gasteiger partial charge is 0.0801 e. The lowest BCUT2D eigenvalue weighted by atomic mass is 9.94. The zero-order valence-corrected chi connectivity index (χ0v) is 9.78. The van der Waals surface area contributed by atoms with Crippen LogP contribution < -0.4 is 0 Å². The summed E-state index contributed by atoms with van der Waals surface area (Å²) >= 11 is 0. The summed E-state index contributed by atoms with van der Waals surface area (Å²) in [5.41, 5.74) is 0. The second kappa shape index (κ2) is 8.08. The van der Waals surface area contributed by atoms with Crippen LogP contribution in [0.15, 0.2) is 0 Å². The minimum Gasteiger partial charge on any atom is -0.390 e. The molecule has 1 atom stereocenters. The molecule has 0 aliphatic heterocycles. The van der Waals surface area contributed by atoms with Crippen molar-refractivity contribution in [3.63, 3.8) is 0 Å². The average molecular weight is 216 g/mol. The van der Waals surface area contributed by atoms with Crippen LogP contribution in [0.4, 0.5) is 0 Å². The first-order chi connectivity index (χ1) is 7.34. The Bertz CT molecular complexity index is 142. The molecule has 1 N–H and O–H groups in total. The minimum absolute atomic E-state index is 0.278.